The van der Waals surface area contributed by atoms with Gasteiger partial charge in [0.1, 0.15) is 11.0 Å². The topological polar surface area (TPSA) is 78.4 Å². The summed E-state index contributed by atoms with van der Waals surface area (Å²) in [6.07, 6.45) is 0. The summed E-state index contributed by atoms with van der Waals surface area (Å²) in [6, 6.07) is 1.33. The van der Waals surface area contributed by atoms with Crippen LogP contribution < -0.4 is 0 Å². The fourth-order valence-electron chi connectivity index (χ4n) is 1.27. The summed E-state index contributed by atoms with van der Waals surface area (Å²) in [5, 5.41) is 0.144. The van der Waals surface area contributed by atoms with Crippen LogP contribution in [0.5, 0.6) is 0 Å². The molecule has 92 valence electrons. The number of esters is 2. The molecule has 1 heterocycles. The van der Waals surface area contributed by atoms with Crippen molar-refractivity contribution in [2.24, 2.45) is 0 Å². The Morgan fingerprint density at radius 2 is 1.76 bits per heavy atom. The maximum atomic E-state index is 11.5. The highest BCUT2D eigenvalue weighted by Crippen LogP contribution is 2.19. The predicted molar refractivity (Wildman–Crippen MR) is 58.6 cm³/mol. The molecule has 0 aromatic carbocycles. The number of hydrogen-bond donors (Lipinski definition) is 0. The van der Waals surface area contributed by atoms with Gasteiger partial charge < -0.3 is 9.47 Å². The van der Waals surface area contributed by atoms with E-state index in [0.717, 1.165) is 0 Å². The van der Waals surface area contributed by atoms with Crippen LogP contribution in [0, 0.1) is 6.92 Å². The van der Waals surface area contributed by atoms with Crippen molar-refractivity contribution in [3.63, 3.8) is 0 Å². The zero-order chi connectivity index (χ0) is 13.0. The second-order valence-electron chi connectivity index (χ2n) is 3.14. The maximum absolute atomic E-state index is 11.5. The molecule has 0 bridgehead atoms. The van der Waals surface area contributed by atoms with E-state index in [0.29, 0.717) is 5.82 Å². The van der Waals surface area contributed by atoms with Crippen LogP contribution >= 0.6 is 11.6 Å². The summed E-state index contributed by atoms with van der Waals surface area (Å²) in [7, 11) is 2.35. The maximum Gasteiger partial charge on any atom is 0.326 e. The van der Waals surface area contributed by atoms with E-state index in [1.54, 1.807) is 6.92 Å². The van der Waals surface area contributed by atoms with Crippen LogP contribution in [0.25, 0.3) is 0 Å². The molecule has 0 spiro atoms. The second kappa shape index (κ2) is 5.58. The highest BCUT2D eigenvalue weighted by Gasteiger charge is 2.32. The summed E-state index contributed by atoms with van der Waals surface area (Å²) >= 11 is 5.73. The molecule has 0 fully saturated rings. The molecule has 1 aromatic rings. The SMILES string of the molecule is COC(=O)C(C(=O)OC)c1cc(Cl)nc(C)n1. The third-order valence-electron chi connectivity index (χ3n) is 2.00. The third-order valence-corrected chi connectivity index (χ3v) is 2.19. The van der Waals surface area contributed by atoms with Crippen LogP contribution in [0.4, 0.5) is 0 Å². The quantitative estimate of drug-likeness (QED) is 0.455. The number of rotatable bonds is 3. The lowest BCUT2D eigenvalue weighted by Gasteiger charge is -2.12. The summed E-state index contributed by atoms with van der Waals surface area (Å²) in [4.78, 5) is 30.8. The van der Waals surface area contributed by atoms with Crippen molar-refractivity contribution in [1.29, 1.82) is 0 Å². The average molecular weight is 259 g/mol. The lowest BCUT2D eigenvalue weighted by molar-refractivity contribution is -0.154. The van der Waals surface area contributed by atoms with Gasteiger partial charge in [-0.25, -0.2) is 9.97 Å². The molecule has 0 aliphatic heterocycles. The number of carbonyl (C=O) groups is 2. The molecule has 1 rings (SSSR count). The minimum absolute atomic E-state index is 0.144. The lowest BCUT2D eigenvalue weighted by Crippen LogP contribution is -2.25. The van der Waals surface area contributed by atoms with E-state index >= 15 is 0 Å². The number of hydrogen-bond acceptors (Lipinski definition) is 6. The number of ether oxygens (including phenoxy) is 2. The van der Waals surface area contributed by atoms with Crippen molar-refractivity contribution in [2.45, 2.75) is 12.8 Å². The monoisotopic (exact) mass is 258 g/mol. The Morgan fingerprint density at radius 3 is 2.18 bits per heavy atom. The van der Waals surface area contributed by atoms with E-state index in [4.69, 9.17) is 11.6 Å². The zero-order valence-electron chi connectivity index (χ0n) is 9.56. The number of nitrogens with zero attached hydrogens (tertiary/aromatic N) is 2. The Bertz CT molecular complexity index is 414. The van der Waals surface area contributed by atoms with Crippen LogP contribution in [-0.2, 0) is 19.1 Å². The van der Waals surface area contributed by atoms with Gasteiger partial charge in [-0.15, -0.1) is 0 Å². The Morgan fingerprint density at radius 1 is 1.24 bits per heavy atom. The van der Waals surface area contributed by atoms with E-state index < -0.39 is 17.9 Å². The van der Waals surface area contributed by atoms with Gasteiger partial charge in [-0.2, -0.15) is 0 Å². The van der Waals surface area contributed by atoms with Crippen molar-refractivity contribution in [2.75, 3.05) is 14.2 Å². The molecule has 0 N–H and O–H groups in total. The van der Waals surface area contributed by atoms with Crippen molar-refractivity contribution >= 4 is 23.5 Å². The van der Waals surface area contributed by atoms with Gasteiger partial charge >= 0.3 is 11.9 Å². The molecule has 1 aromatic heterocycles. The molecule has 0 aliphatic carbocycles. The van der Waals surface area contributed by atoms with E-state index in [9.17, 15) is 9.59 Å². The molecule has 0 aliphatic rings. The molecule has 0 unspecified atom stereocenters. The fourth-order valence-corrected chi connectivity index (χ4v) is 1.51. The number of aromatic nitrogens is 2. The van der Waals surface area contributed by atoms with Gasteiger partial charge in [-0.1, -0.05) is 11.6 Å². The van der Waals surface area contributed by atoms with Crippen LogP contribution in [0.15, 0.2) is 6.07 Å². The number of carbonyl (C=O) groups excluding carboxylic acids is 2. The van der Waals surface area contributed by atoms with Crippen LogP contribution in [0.1, 0.15) is 17.4 Å². The summed E-state index contributed by atoms with van der Waals surface area (Å²) in [5.41, 5.74) is 0.154. The molecular formula is C10H11ClN2O4. The van der Waals surface area contributed by atoms with Crippen molar-refractivity contribution in [1.82, 2.24) is 9.97 Å². The first kappa shape index (κ1) is 13.4. The van der Waals surface area contributed by atoms with E-state index in [1.807, 2.05) is 0 Å². The van der Waals surface area contributed by atoms with Crippen LogP contribution in [-0.4, -0.2) is 36.1 Å². The van der Waals surface area contributed by atoms with Gasteiger partial charge in [-0.05, 0) is 13.0 Å². The Kier molecular flexibility index (Phi) is 4.39. The van der Waals surface area contributed by atoms with Gasteiger partial charge in [-0.3, -0.25) is 9.59 Å². The Balaban J connectivity index is 3.21. The van der Waals surface area contributed by atoms with Crippen molar-refractivity contribution < 1.29 is 19.1 Å². The summed E-state index contributed by atoms with van der Waals surface area (Å²) in [6.45, 7) is 1.60. The van der Waals surface area contributed by atoms with Gasteiger partial charge in [0.25, 0.3) is 0 Å². The van der Waals surface area contributed by atoms with Crippen LogP contribution in [0.3, 0.4) is 0 Å². The molecule has 7 heteroatoms. The Labute approximate surface area is 103 Å². The minimum atomic E-state index is -1.25. The van der Waals surface area contributed by atoms with Crippen molar-refractivity contribution in [3.8, 4) is 0 Å². The third kappa shape index (κ3) is 3.13. The molecule has 0 saturated carbocycles. The van der Waals surface area contributed by atoms with Crippen LogP contribution in [0.2, 0.25) is 5.15 Å². The van der Waals surface area contributed by atoms with Crippen molar-refractivity contribution in [3.05, 3.63) is 22.7 Å². The first-order chi connectivity index (χ1) is 7.99. The zero-order valence-corrected chi connectivity index (χ0v) is 10.3. The van der Waals surface area contributed by atoms with Gasteiger partial charge in [0.05, 0.1) is 19.9 Å². The van der Waals surface area contributed by atoms with Gasteiger partial charge in [0, 0.05) is 0 Å². The standard InChI is InChI=1S/C10H11ClN2O4/c1-5-12-6(4-7(11)13-5)8(9(14)16-2)10(15)17-3/h4,8H,1-3H3. The fraction of sp³-hybridized carbons (Fsp3) is 0.400. The second-order valence-corrected chi connectivity index (χ2v) is 3.53. The normalized spacial score (nSPS) is 10.2. The molecular weight excluding hydrogens is 248 g/mol. The molecule has 0 amide bonds. The van der Waals surface area contributed by atoms with E-state index in [2.05, 4.69) is 19.4 Å². The first-order valence-corrected chi connectivity index (χ1v) is 5.04. The lowest BCUT2D eigenvalue weighted by atomic mass is 10.1. The average Bonchev–Trinajstić information content (AvgIpc) is 2.27. The number of aryl methyl sites for hydroxylation is 1. The molecule has 0 radical (unpaired) electrons. The van der Waals surface area contributed by atoms with E-state index in [-0.39, 0.29) is 10.8 Å². The molecule has 0 saturated heterocycles. The first-order valence-electron chi connectivity index (χ1n) is 4.66. The number of methoxy groups -OCH3 is 2. The summed E-state index contributed by atoms with van der Waals surface area (Å²) in [5.74, 6) is -2.41. The largest absolute Gasteiger partial charge is 0.468 e. The highest BCUT2D eigenvalue weighted by molar-refractivity contribution is 6.29. The Hall–Kier alpha value is -1.69. The van der Waals surface area contributed by atoms with Gasteiger partial charge in [0.2, 0.25) is 0 Å². The minimum Gasteiger partial charge on any atom is -0.468 e. The predicted octanol–water partition coefficient (Wildman–Crippen LogP) is 0.868. The van der Waals surface area contributed by atoms with E-state index in [1.165, 1.54) is 20.3 Å². The number of halogens is 1. The highest BCUT2D eigenvalue weighted by atomic mass is 35.5. The summed E-state index contributed by atoms with van der Waals surface area (Å²) < 4.78 is 9.05. The smallest absolute Gasteiger partial charge is 0.326 e. The van der Waals surface area contributed by atoms with Gasteiger partial charge in [0.15, 0.2) is 5.92 Å². The molecule has 17 heavy (non-hydrogen) atoms. The molecule has 6 nitrogen and oxygen atoms in total. The molecule has 0 atom stereocenters.